The SMILES string of the molecule is Cc1c(-c2cccnc2)n(Cl)c2ccccc12. The Balaban J connectivity index is 2.38. The molecule has 84 valence electrons. The molecule has 2 aromatic heterocycles. The molecule has 0 unspecified atom stereocenters. The molecule has 3 heteroatoms. The highest BCUT2D eigenvalue weighted by atomic mass is 35.5. The van der Waals surface area contributed by atoms with Crippen LogP contribution in [-0.2, 0) is 0 Å². The van der Waals surface area contributed by atoms with Crippen LogP contribution in [-0.4, -0.2) is 9.07 Å². The van der Waals surface area contributed by atoms with Gasteiger partial charge in [0.15, 0.2) is 0 Å². The van der Waals surface area contributed by atoms with Crippen LogP contribution in [0.15, 0.2) is 48.8 Å². The van der Waals surface area contributed by atoms with E-state index in [9.17, 15) is 0 Å². The van der Waals surface area contributed by atoms with Crippen molar-refractivity contribution < 1.29 is 0 Å². The van der Waals surface area contributed by atoms with Crippen molar-refractivity contribution in [1.82, 2.24) is 9.07 Å². The van der Waals surface area contributed by atoms with E-state index < -0.39 is 0 Å². The first-order chi connectivity index (χ1) is 8.29. The van der Waals surface area contributed by atoms with Gasteiger partial charge in [0.25, 0.3) is 0 Å². The van der Waals surface area contributed by atoms with Crippen LogP contribution in [0.5, 0.6) is 0 Å². The Labute approximate surface area is 105 Å². The average Bonchev–Trinajstić information content (AvgIpc) is 2.64. The Kier molecular flexibility index (Phi) is 2.37. The van der Waals surface area contributed by atoms with E-state index in [0.29, 0.717) is 0 Å². The van der Waals surface area contributed by atoms with Crippen molar-refractivity contribution in [3.8, 4) is 11.3 Å². The predicted molar refractivity (Wildman–Crippen MR) is 71.2 cm³/mol. The molecule has 3 aromatic rings. The van der Waals surface area contributed by atoms with Crippen molar-refractivity contribution in [2.24, 2.45) is 0 Å². The molecule has 2 nitrogen and oxygen atoms in total. The van der Waals surface area contributed by atoms with E-state index in [0.717, 1.165) is 16.8 Å². The molecule has 0 atom stereocenters. The van der Waals surface area contributed by atoms with E-state index in [1.807, 2.05) is 36.5 Å². The third kappa shape index (κ3) is 1.53. The minimum atomic E-state index is 1.01. The summed E-state index contributed by atoms with van der Waals surface area (Å²) in [5.74, 6) is 0. The van der Waals surface area contributed by atoms with E-state index in [-0.39, 0.29) is 0 Å². The number of para-hydroxylation sites is 1. The number of fused-ring (bicyclic) bond motifs is 1. The number of pyridine rings is 1. The van der Waals surface area contributed by atoms with Crippen molar-refractivity contribution >= 4 is 22.7 Å². The minimum Gasteiger partial charge on any atom is -0.264 e. The highest BCUT2D eigenvalue weighted by Crippen LogP contribution is 2.33. The Morgan fingerprint density at radius 2 is 1.94 bits per heavy atom. The summed E-state index contributed by atoms with van der Waals surface area (Å²) in [6.07, 6.45) is 3.60. The molecule has 0 radical (unpaired) electrons. The van der Waals surface area contributed by atoms with E-state index in [1.165, 1.54) is 10.9 Å². The van der Waals surface area contributed by atoms with Crippen LogP contribution >= 0.6 is 11.8 Å². The van der Waals surface area contributed by atoms with Crippen LogP contribution < -0.4 is 0 Å². The number of nitrogens with zero attached hydrogens (tertiary/aromatic N) is 2. The van der Waals surface area contributed by atoms with Crippen molar-refractivity contribution in [3.63, 3.8) is 0 Å². The summed E-state index contributed by atoms with van der Waals surface area (Å²) in [5, 5.41) is 1.18. The Morgan fingerprint density at radius 1 is 1.12 bits per heavy atom. The number of halogens is 1. The second-order valence-electron chi connectivity index (χ2n) is 4.01. The van der Waals surface area contributed by atoms with Crippen LogP contribution in [0.2, 0.25) is 0 Å². The van der Waals surface area contributed by atoms with Crippen molar-refractivity contribution in [1.29, 1.82) is 0 Å². The Bertz CT molecular complexity index is 632. The van der Waals surface area contributed by atoms with Gasteiger partial charge in [-0.25, -0.2) is 0 Å². The summed E-state index contributed by atoms with van der Waals surface area (Å²) in [4.78, 5) is 4.14. The fraction of sp³-hybridized carbons (Fsp3) is 0.0714. The molecule has 0 amide bonds. The predicted octanol–water partition coefficient (Wildman–Crippen LogP) is 4.01. The second-order valence-corrected chi connectivity index (χ2v) is 4.35. The van der Waals surface area contributed by atoms with Gasteiger partial charge in [-0.05, 0) is 30.7 Å². The first-order valence-corrected chi connectivity index (χ1v) is 5.79. The van der Waals surface area contributed by atoms with Crippen LogP contribution in [0.25, 0.3) is 22.2 Å². The lowest BCUT2D eigenvalue weighted by Crippen LogP contribution is -1.87. The zero-order valence-electron chi connectivity index (χ0n) is 9.39. The number of benzene rings is 1. The Hall–Kier alpha value is -1.80. The smallest absolute Gasteiger partial charge is 0.0705 e. The summed E-state index contributed by atoms with van der Waals surface area (Å²) < 4.78 is 1.71. The highest BCUT2D eigenvalue weighted by Gasteiger charge is 2.13. The van der Waals surface area contributed by atoms with E-state index in [2.05, 4.69) is 18.0 Å². The third-order valence-corrected chi connectivity index (χ3v) is 3.36. The van der Waals surface area contributed by atoms with Gasteiger partial charge in [-0.2, -0.15) is 0 Å². The van der Waals surface area contributed by atoms with Gasteiger partial charge >= 0.3 is 0 Å². The summed E-state index contributed by atoms with van der Waals surface area (Å²) in [5.41, 5.74) is 4.27. The highest BCUT2D eigenvalue weighted by molar-refractivity contribution is 6.22. The molecule has 17 heavy (non-hydrogen) atoms. The number of hydrogen-bond acceptors (Lipinski definition) is 1. The zero-order valence-corrected chi connectivity index (χ0v) is 10.1. The van der Waals surface area contributed by atoms with E-state index in [4.69, 9.17) is 11.8 Å². The molecule has 2 heterocycles. The topological polar surface area (TPSA) is 17.8 Å². The minimum absolute atomic E-state index is 1.01. The lowest BCUT2D eigenvalue weighted by atomic mass is 10.1. The summed E-state index contributed by atoms with van der Waals surface area (Å²) in [7, 11) is 0. The Morgan fingerprint density at radius 3 is 2.65 bits per heavy atom. The molecule has 3 rings (SSSR count). The molecule has 0 fully saturated rings. The number of rotatable bonds is 1. The number of aromatic nitrogens is 2. The van der Waals surface area contributed by atoms with E-state index in [1.54, 1.807) is 10.3 Å². The zero-order chi connectivity index (χ0) is 11.8. The van der Waals surface area contributed by atoms with Gasteiger partial charge in [-0.1, -0.05) is 18.2 Å². The summed E-state index contributed by atoms with van der Waals surface area (Å²) >= 11 is 6.39. The average molecular weight is 243 g/mol. The van der Waals surface area contributed by atoms with Gasteiger partial charge in [0.05, 0.1) is 11.2 Å². The number of aryl methyl sites for hydroxylation is 1. The largest absolute Gasteiger partial charge is 0.264 e. The fourth-order valence-corrected chi connectivity index (χ4v) is 2.56. The fourth-order valence-electron chi connectivity index (χ4n) is 2.19. The second kappa shape index (κ2) is 3.90. The van der Waals surface area contributed by atoms with Crippen LogP contribution in [0.4, 0.5) is 0 Å². The monoisotopic (exact) mass is 242 g/mol. The van der Waals surface area contributed by atoms with E-state index >= 15 is 0 Å². The molecule has 0 bridgehead atoms. The first-order valence-electron chi connectivity index (χ1n) is 5.45. The van der Waals surface area contributed by atoms with Crippen LogP contribution in [0, 0.1) is 6.92 Å². The lowest BCUT2D eigenvalue weighted by molar-refractivity contribution is 1.26. The maximum absolute atomic E-state index is 6.39. The maximum atomic E-state index is 6.39. The van der Waals surface area contributed by atoms with Gasteiger partial charge in [-0.15, -0.1) is 0 Å². The molecule has 0 aliphatic carbocycles. The van der Waals surface area contributed by atoms with Crippen molar-refractivity contribution in [3.05, 3.63) is 54.4 Å². The summed E-state index contributed by atoms with van der Waals surface area (Å²) in [6, 6.07) is 12.1. The van der Waals surface area contributed by atoms with Crippen LogP contribution in [0.1, 0.15) is 5.56 Å². The molecule has 0 aliphatic heterocycles. The van der Waals surface area contributed by atoms with Gasteiger partial charge in [0, 0.05) is 35.1 Å². The standard InChI is InChI=1S/C14H11ClN2/c1-10-12-6-2-3-7-13(12)17(15)14(10)11-5-4-8-16-9-11/h2-9H,1H3. The molecule has 1 aromatic carbocycles. The van der Waals surface area contributed by atoms with Gasteiger partial charge in [0.1, 0.15) is 0 Å². The molecule has 0 saturated carbocycles. The van der Waals surface area contributed by atoms with Gasteiger partial charge < -0.3 is 0 Å². The lowest BCUT2D eigenvalue weighted by Gasteiger charge is -2.02. The van der Waals surface area contributed by atoms with Crippen molar-refractivity contribution in [2.45, 2.75) is 6.92 Å². The van der Waals surface area contributed by atoms with Gasteiger partial charge in [-0.3, -0.25) is 9.07 Å². The molecular formula is C14H11ClN2. The molecular weight excluding hydrogens is 232 g/mol. The number of hydrogen-bond donors (Lipinski definition) is 0. The third-order valence-electron chi connectivity index (χ3n) is 3.01. The first kappa shape index (κ1) is 10.4. The molecule has 0 aliphatic rings. The summed E-state index contributed by atoms with van der Waals surface area (Å²) in [6.45, 7) is 2.09. The molecule has 0 spiro atoms. The van der Waals surface area contributed by atoms with Crippen molar-refractivity contribution in [2.75, 3.05) is 0 Å². The molecule has 0 N–H and O–H groups in total. The quantitative estimate of drug-likeness (QED) is 0.630. The molecule has 0 saturated heterocycles. The van der Waals surface area contributed by atoms with Crippen LogP contribution in [0.3, 0.4) is 0 Å². The maximum Gasteiger partial charge on any atom is 0.0705 e. The normalized spacial score (nSPS) is 10.9. The van der Waals surface area contributed by atoms with Gasteiger partial charge in [0.2, 0.25) is 0 Å².